The maximum absolute atomic E-state index is 13.0. The lowest BCUT2D eigenvalue weighted by molar-refractivity contribution is 0.151. The van der Waals surface area contributed by atoms with E-state index < -0.39 is 12.5 Å². The minimum atomic E-state index is -2.55. The molecule has 0 saturated carbocycles. The number of hydrogen-bond donors (Lipinski definition) is 2. The number of anilines is 1. The Balaban J connectivity index is 2.27. The number of halogens is 2. The number of alkyl halides is 2. The Morgan fingerprint density at radius 1 is 1.35 bits per heavy atom. The molecule has 0 aliphatic carbocycles. The van der Waals surface area contributed by atoms with Crippen molar-refractivity contribution in [1.82, 2.24) is 5.01 Å². The standard InChI is InChI=1S/C18H21F2N3O2S/c1-11-5-4-6-14(22-18(24)23(2)21)13(11)10-26-16-9-12(17(19)20)7-8-15(16)25-3/h4-9,17H,10,21H2,1-3H3,(H,22,24). The van der Waals surface area contributed by atoms with Crippen LogP contribution in [0.25, 0.3) is 0 Å². The van der Waals surface area contributed by atoms with Crippen molar-refractivity contribution in [2.45, 2.75) is 24.0 Å². The number of hydrogen-bond acceptors (Lipinski definition) is 4. The molecular formula is C18H21F2N3O2S. The zero-order chi connectivity index (χ0) is 19.3. The second kappa shape index (κ2) is 8.86. The predicted molar refractivity (Wildman–Crippen MR) is 99.7 cm³/mol. The van der Waals surface area contributed by atoms with E-state index in [9.17, 15) is 13.6 Å². The number of nitrogens with zero attached hydrogens (tertiary/aromatic N) is 1. The van der Waals surface area contributed by atoms with Crippen LogP contribution in [0, 0.1) is 6.92 Å². The lowest BCUT2D eigenvalue weighted by atomic mass is 10.1. The monoisotopic (exact) mass is 381 g/mol. The molecule has 3 N–H and O–H groups in total. The number of amides is 2. The maximum Gasteiger partial charge on any atom is 0.335 e. The highest BCUT2D eigenvalue weighted by Gasteiger charge is 2.15. The number of rotatable bonds is 6. The average Bonchev–Trinajstić information content (AvgIpc) is 2.60. The van der Waals surface area contributed by atoms with Crippen molar-refractivity contribution >= 4 is 23.5 Å². The van der Waals surface area contributed by atoms with E-state index in [4.69, 9.17) is 10.6 Å². The van der Waals surface area contributed by atoms with Crippen molar-refractivity contribution in [2.24, 2.45) is 5.84 Å². The highest BCUT2D eigenvalue weighted by molar-refractivity contribution is 7.98. The second-order valence-electron chi connectivity index (χ2n) is 5.64. The number of methoxy groups -OCH3 is 1. The van der Waals surface area contributed by atoms with Crippen LogP contribution in [0.4, 0.5) is 19.3 Å². The number of carbonyl (C=O) groups excluding carboxylic acids is 1. The van der Waals surface area contributed by atoms with Gasteiger partial charge in [0.15, 0.2) is 0 Å². The summed E-state index contributed by atoms with van der Waals surface area (Å²) in [7, 11) is 2.94. The van der Waals surface area contributed by atoms with Gasteiger partial charge in [-0.15, -0.1) is 11.8 Å². The summed E-state index contributed by atoms with van der Waals surface area (Å²) in [4.78, 5) is 12.5. The summed E-state index contributed by atoms with van der Waals surface area (Å²) in [6.45, 7) is 1.92. The summed E-state index contributed by atoms with van der Waals surface area (Å²) in [5.41, 5.74) is 2.43. The zero-order valence-corrected chi connectivity index (χ0v) is 15.6. The molecule has 0 unspecified atom stereocenters. The average molecular weight is 381 g/mol. The molecule has 8 heteroatoms. The molecular weight excluding hydrogens is 360 g/mol. The largest absolute Gasteiger partial charge is 0.496 e. The summed E-state index contributed by atoms with van der Waals surface area (Å²) in [6.07, 6.45) is -2.55. The Morgan fingerprint density at radius 3 is 2.69 bits per heavy atom. The fraction of sp³-hybridized carbons (Fsp3) is 0.278. The first-order valence-corrected chi connectivity index (χ1v) is 8.78. The van der Waals surface area contributed by atoms with Gasteiger partial charge < -0.3 is 10.1 Å². The number of thioether (sulfide) groups is 1. The third kappa shape index (κ3) is 4.86. The van der Waals surface area contributed by atoms with Crippen LogP contribution in [0.2, 0.25) is 0 Å². The summed E-state index contributed by atoms with van der Waals surface area (Å²) in [6, 6.07) is 9.39. The minimum absolute atomic E-state index is 0.0589. The normalized spacial score (nSPS) is 10.7. The molecule has 0 aromatic heterocycles. The van der Waals surface area contributed by atoms with Gasteiger partial charge in [0, 0.05) is 24.1 Å². The number of aryl methyl sites for hydroxylation is 1. The van der Waals surface area contributed by atoms with E-state index in [0.717, 1.165) is 16.1 Å². The SMILES string of the molecule is COc1ccc(C(F)F)cc1SCc1c(C)cccc1NC(=O)N(C)N. The van der Waals surface area contributed by atoms with Gasteiger partial charge in [0.25, 0.3) is 6.43 Å². The van der Waals surface area contributed by atoms with Crippen molar-refractivity contribution in [3.05, 3.63) is 53.1 Å². The summed E-state index contributed by atoms with van der Waals surface area (Å²) in [5.74, 6) is 6.45. The molecule has 0 heterocycles. The molecule has 0 spiro atoms. The molecule has 140 valence electrons. The van der Waals surface area contributed by atoms with Gasteiger partial charge in [-0.3, -0.25) is 5.01 Å². The van der Waals surface area contributed by atoms with E-state index in [1.807, 2.05) is 19.1 Å². The van der Waals surface area contributed by atoms with E-state index in [1.54, 1.807) is 6.07 Å². The van der Waals surface area contributed by atoms with Gasteiger partial charge in [0.1, 0.15) is 5.75 Å². The zero-order valence-electron chi connectivity index (χ0n) is 14.8. The Kier molecular flexibility index (Phi) is 6.82. The number of benzene rings is 2. The number of hydrazine groups is 1. The molecule has 2 amide bonds. The van der Waals surface area contributed by atoms with Gasteiger partial charge >= 0.3 is 6.03 Å². The van der Waals surface area contributed by atoms with E-state index in [1.165, 1.54) is 44.1 Å². The number of nitrogens with two attached hydrogens (primary N) is 1. The van der Waals surface area contributed by atoms with E-state index in [-0.39, 0.29) is 5.56 Å². The maximum atomic E-state index is 13.0. The van der Waals surface area contributed by atoms with Gasteiger partial charge in [-0.1, -0.05) is 12.1 Å². The van der Waals surface area contributed by atoms with Crippen LogP contribution < -0.4 is 15.9 Å². The highest BCUT2D eigenvalue weighted by atomic mass is 32.2. The Morgan fingerprint density at radius 2 is 2.08 bits per heavy atom. The molecule has 0 fully saturated rings. The van der Waals surface area contributed by atoms with Crippen LogP contribution >= 0.6 is 11.8 Å². The van der Waals surface area contributed by atoms with Crippen molar-refractivity contribution < 1.29 is 18.3 Å². The Labute approximate surface area is 155 Å². The summed E-state index contributed by atoms with van der Waals surface area (Å²) < 4.78 is 31.2. The summed E-state index contributed by atoms with van der Waals surface area (Å²) >= 11 is 1.37. The molecule has 0 aliphatic heterocycles. The molecule has 0 atom stereocenters. The van der Waals surface area contributed by atoms with Crippen LogP contribution in [0.3, 0.4) is 0 Å². The lowest BCUT2D eigenvalue weighted by Gasteiger charge is -2.17. The predicted octanol–water partition coefficient (Wildman–Crippen LogP) is 4.57. The lowest BCUT2D eigenvalue weighted by Crippen LogP contribution is -2.37. The van der Waals surface area contributed by atoms with E-state index in [0.29, 0.717) is 22.1 Å². The van der Waals surface area contributed by atoms with Gasteiger partial charge in [-0.25, -0.2) is 19.4 Å². The van der Waals surface area contributed by atoms with Crippen molar-refractivity contribution in [2.75, 3.05) is 19.5 Å². The molecule has 0 saturated heterocycles. The van der Waals surface area contributed by atoms with Gasteiger partial charge in [-0.2, -0.15) is 0 Å². The highest BCUT2D eigenvalue weighted by Crippen LogP contribution is 2.36. The van der Waals surface area contributed by atoms with Gasteiger partial charge in [0.05, 0.1) is 12.0 Å². The molecule has 2 aromatic rings. The fourth-order valence-corrected chi connectivity index (χ4v) is 3.50. The smallest absolute Gasteiger partial charge is 0.335 e. The second-order valence-corrected chi connectivity index (χ2v) is 6.66. The van der Waals surface area contributed by atoms with Crippen molar-refractivity contribution in [1.29, 1.82) is 0 Å². The molecule has 0 bridgehead atoms. The number of carbonyl (C=O) groups is 1. The number of ether oxygens (including phenoxy) is 1. The third-order valence-corrected chi connectivity index (χ3v) is 4.85. The topological polar surface area (TPSA) is 67.6 Å². The van der Waals surface area contributed by atoms with Crippen LogP contribution in [-0.4, -0.2) is 25.2 Å². The quantitative estimate of drug-likeness (QED) is 0.333. The number of urea groups is 1. The minimum Gasteiger partial charge on any atom is -0.496 e. The van der Waals surface area contributed by atoms with Crippen LogP contribution in [-0.2, 0) is 5.75 Å². The molecule has 26 heavy (non-hydrogen) atoms. The van der Waals surface area contributed by atoms with E-state index >= 15 is 0 Å². The first-order valence-electron chi connectivity index (χ1n) is 7.80. The Bertz CT molecular complexity index is 785. The van der Waals surface area contributed by atoms with Crippen molar-refractivity contribution in [3.8, 4) is 5.75 Å². The molecule has 0 radical (unpaired) electrons. The van der Waals surface area contributed by atoms with Crippen molar-refractivity contribution in [3.63, 3.8) is 0 Å². The summed E-state index contributed by atoms with van der Waals surface area (Å²) in [5, 5.41) is 3.70. The molecule has 2 rings (SSSR count). The first kappa shape index (κ1) is 20.0. The third-order valence-electron chi connectivity index (χ3n) is 3.78. The first-order chi connectivity index (χ1) is 12.3. The Hall–Kier alpha value is -2.32. The molecule has 2 aromatic carbocycles. The number of nitrogens with one attached hydrogen (secondary N) is 1. The molecule has 0 aliphatic rings. The van der Waals surface area contributed by atoms with Gasteiger partial charge in [-0.05, 0) is 42.3 Å². The van der Waals surface area contributed by atoms with E-state index in [2.05, 4.69) is 5.32 Å². The van der Waals surface area contributed by atoms with Crippen LogP contribution in [0.1, 0.15) is 23.1 Å². The fourth-order valence-electron chi connectivity index (χ4n) is 2.31. The van der Waals surface area contributed by atoms with Gasteiger partial charge in [0.2, 0.25) is 0 Å². The molecule has 5 nitrogen and oxygen atoms in total. The van der Waals surface area contributed by atoms with Crippen LogP contribution in [0.15, 0.2) is 41.3 Å². The van der Waals surface area contributed by atoms with Crippen LogP contribution in [0.5, 0.6) is 5.75 Å².